The van der Waals surface area contributed by atoms with Crippen LogP contribution in [0.2, 0.25) is 0 Å². The molecule has 0 radical (unpaired) electrons. The van der Waals surface area contributed by atoms with Gasteiger partial charge in [0, 0.05) is 23.8 Å². The lowest BCUT2D eigenvalue weighted by Crippen LogP contribution is -2.74. The number of benzene rings is 1. The van der Waals surface area contributed by atoms with Crippen molar-refractivity contribution in [2.45, 2.75) is 45.3 Å². The fraction of sp³-hybridized carbons (Fsp3) is 0.556. The Labute approximate surface area is 141 Å². The van der Waals surface area contributed by atoms with E-state index in [1.165, 1.54) is 0 Å². The van der Waals surface area contributed by atoms with Gasteiger partial charge in [-0.15, -0.1) is 0 Å². The molecule has 1 aliphatic rings. The van der Waals surface area contributed by atoms with E-state index in [-0.39, 0.29) is 30.5 Å². The molecule has 0 aliphatic heterocycles. The van der Waals surface area contributed by atoms with Crippen molar-refractivity contribution in [3.05, 3.63) is 30.0 Å². The van der Waals surface area contributed by atoms with Gasteiger partial charge in [0.25, 0.3) is 0 Å². The molecule has 2 aromatic rings. The highest BCUT2D eigenvalue weighted by atomic mass is 16.5. The van der Waals surface area contributed by atoms with Crippen LogP contribution < -0.4 is 5.32 Å². The molecule has 1 aliphatic carbocycles. The van der Waals surface area contributed by atoms with E-state index in [2.05, 4.69) is 10.5 Å². The zero-order valence-electron chi connectivity index (χ0n) is 14.3. The standard InChI is InChI=1S/C18H24N2O4/c1-4-23-15-10-18(11-21,17(15,2)3)19-16(22)9-13-12-7-5-6-8-14(12)24-20-13/h5-8,15,21H,4,9-11H2,1-3H3,(H,19,22)/t15-,18+/m1/s1. The average Bonchev–Trinajstić information content (AvgIpc) is 2.96. The van der Waals surface area contributed by atoms with E-state index in [9.17, 15) is 9.90 Å². The zero-order valence-corrected chi connectivity index (χ0v) is 14.3. The van der Waals surface area contributed by atoms with E-state index >= 15 is 0 Å². The second-order valence-electron chi connectivity index (χ2n) is 6.96. The molecule has 2 N–H and O–H groups in total. The minimum absolute atomic E-state index is 0.0304. The van der Waals surface area contributed by atoms with E-state index in [0.717, 1.165) is 5.39 Å². The fourth-order valence-corrected chi connectivity index (χ4v) is 3.53. The SMILES string of the molecule is CCO[C@@H]1C[C@@](CO)(NC(=O)Cc2noc3ccccc23)C1(C)C. The number of hydrogen-bond acceptors (Lipinski definition) is 5. The van der Waals surface area contributed by atoms with Crippen LogP contribution in [0.3, 0.4) is 0 Å². The number of nitrogens with zero attached hydrogens (tertiary/aromatic N) is 1. The van der Waals surface area contributed by atoms with Gasteiger partial charge in [0.15, 0.2) is 5.58 Å². The first-order valence-corrected chi connectivity index (χ1v) is 8.30. The highest BCUT2D eigenvalue weighted by Gasteiger charge is 2.61. The Morgan fingerprint density at radius 3 is 2.88 bits per heavy atom. The van der Waals surface area contributed by atoms with E-state index in [0.29, 0.717) is 24.3 Å². The summed E-state index contributed by atoms with van der Waals surface area (Å²) < 4.78 is 10.9. The van der Waals surface area contributed by atoms with Gasteiger partial charge in [0.1, 0.15) is 5.69 Å². The summed E-state index contributed by atoms with van der Waals surface area (Å²) in [5.74, 6) is -0.175. The van der Waals surface area contributed by atoms with Gasteiger partial charge < -0.3 is 19.7 Å². The number of rotatable bonds is 6. The molecule has 24 heavy (non-hydrogen) atoms. The van der Waals surface area contributed by atoms with Gasteiger partial charge in [-0.05, 0) is 19.1 Å². The number of carbonyl (C=O) groups excluding carboxylic acids is 1. The smallest absolute Gasteiger partial charge is 0.226 e. The van der Waals surface area contributed by atoms with E-state index < -0.39 is 5.54 Å². The average molecular weight is 332 g/mol. The van der Waals surface area contributed by atoms with Gasteiger partial charge in [-0.1, -0.05) is 31.1 Å². The molecular weight excluding hydrogens is 308 g/mol. The van der Waals surface area contributed by atoms with Gasteiger partial charge in [0.05, 0.1) is 24.7 Å². The molecule has 2 atom stereocenters. The number of nitrogens with one attached hydrogen (secondary N) is 1. The Hall–Kier alpha value is -1.92. The lowest BCUT2D eigenvalue weighted by molar-refractivity contribution is -0.180. The Balaban J connectivity index is 1.72. The van der Waals surface area contributed by atoms with Crippen molar-refractivity contribution in [1.82, 2.24) is 10.5 Å². The summed E-state index contributed by atoms with van der Waals surface area (Å²) in [7, 11) is 0. The van der Waals surface area contributed by atoms with E-state index in [4.69, 9.17) is 9.26 Å². The summed E-state index contributed by atoms with van der Waals surface area (Å²) in [6, 6.07) is 7.45. The number of para-hydroxylation sites is 1. The fourth-order valence-electron chi connectivity index (χ4n) is 3.53. The predicted octanol–water partition coefficient (Wildman–Crippen LogP) is 2.05. The molecule has 1 saturated carbocycles. The molecule has 1 fully saturated rings. The van der Waals surface area contributed by atoms with Gasteiger partial charge in [-0.2, -0.15) is 0 Å². The lowest BCUT2D eigenvalue weighted by Gasteiger charge is -2.60. The van der Waals surface area contributed by atoms with Crippen molar-refractivity contribution in [3.8, 4) is 0 Å². The number of fused-ring (bicyclic) bond motifs is 1. The third kappa shape index (κ3) is 2.59. The van der Waals surface area contributed by atoms with Crippen molar-refractivity contribution in [2.24, 2.45) is 5.41 Å². The van der Waals surface area contributed by atoms with Crippen LogP contribution in [0.25, 0.3) is 11.0 Å². The molecule has 6 nitrogen and oxygen atoms in total. The summed E-state index contributed by atoms with van der Waals surface area (Å²) in [4.78, 5) is 12.5. The first-order valence-electron chi connectivity index (χ1n) is 8.30. The molecule has 0 unspecified atom stereocenters. The Morgan fingerprint density at radius 1 is 1.46 bits per heavy atom. The van der Waals surface area contributed by atoms with Crippen LogP contribution in [-0.4, -0.2) is 41.0 Å². The number of ether oxygens (including phenoxy) is 1. The normalized spacial score (nSPS) is 25.4. The van der Waals surface area contributed by atoms with Crippen molar-refractivity contribution in [3.63, 3.8) is 0 Å². The van der Waals surface area contributed by atoms with Crippen LogP contribution in [0.5, 0.6) is 0 Å². The minimum atomic E-state index is -0.663. The van der Waals surface area contributed by atoms with Crippen LogP contribution in [0.15, 0.2) is 28.8 Å². The molecule has 6 heteroatoms. The van der Waals surface area contributed by atoms with E-state index in [1.807, 2.05) is 45.0 Å². The molecule has 130 valence electrons. The van der Waals surface area contributed by atoms with Gasteiger partial charge in [-0.25, -0.2) is 0 Å². The largest absolute Gasteiger partial charge is 0.394 e. The monoisotopic (exact) mass is 332 g/mol. The number of amides is 1. The maximum Gasteiger partial charge on any atom is 0.226 e. The number of hydrogen-bond donors (Lipinski definition) is 2. The first-order chi connectivity index (χ1) is 11.4. The van der Waals surface area contributed by atoms with E-state index in [1.54, 1.807) is 0 Å². The Bertz CT molecular complexity index is 739. The Morgan fingerprint density at radius 2 is 2.21 bits per heavy atom. The minimum Gasteiger partial charge on any atom is -0.394 e. The number of carbonyl (C=O) groups is 1. The number of aliphatic hydroxyl groups excluding tert-OH is 1. The Kier molecular flexibility index (Phi) is 4.36. The highest BCUT2D eigenvalue weighted by Crippen LogP contribution is 2.51. The van der Waals surface area contributed by atoms with Crippen LogP contribution in [0.1, 0.15) is 32.9 Å². The van der Waals surface area contributed by atoms with Crippen LogP contribution in [-0.2, 0) is 16.0 Å². The summed E-state index contributed by atoms with van der Waals surface area (Å²) in [6.45, 7) is 6.48. The first kappa shape index (κ1) is 16.9. The number of aliphatic hydroxyl groups is 1. The van der Waals surface area contributed by atoms with Crippen molar-refractivity contribution in [1.29, 1.82) is 0 Å². The van der Waals surface area contributed by atoms with Crippen molar-refractivity contribution in [2.75, 3.05) is 13.2 Å². The zero-order chi connectivity index (χ0) is 17.4. The molecule has 3 rings (SSSR count). The molecular formula is C18H24N2O4. The summed E-state index contributed by atoms with van der Waals surface area (Å²) in [6.07, 6.45) is 0.756. The molecule has 1 amide bonds. The lowest BCUT2D eigenvalue weighted by atomic mass is 9.54. The summed E-state index contributed by atoms with van der Waals surface area (Å²) in [5, 5.41) is 17.7. The molecule has 1 heterocycles. The van der Waals surface area contributed by atoms with Gasteiger partial charge in [0.2, 0.25) is 5.91 Å². The predicted molar refractivity (Wildman–Crippen MR) is 89.5 cm³/mol. The van der Waals surface area contributed by atoms with Gasteiger partial charge >= 0.3 is 0 Å². The third-order valence-corrected chi connectivity index (χ3v) is 5.37. The highest BCUT2D eigenvalue weighted by molar-refractivity contribution is 5.86. The topological polar surface area (TPSA) is 84.6 Å². The number of aromatic nitrogens is 1. The van der Waals surface area contributed by atoms with Crippen LogP contribution in [0.4, 0.5) is 0 Å². The van der Waals surface area contributed by atoms with Gasteiger partial charge in [-0.3, -0.25) is 4.79 Å². The second-order valence-corrected chi connectivity index (χ2v) is 6.96. The van der Waals surface area contributed by atoms with Crippen LogP contribution >= 0.6 is 0 Å². The molecule has 0 spiro atoms. The quantitative estimate of drug-likeness (QED) is 0.846. The molecule has 0 saturated heterocycles. The maximum absolute atomic E-state index is 12.5. The molecule has 1 aromatic carbocycles. The maximum atomic E-state index is 12.5. The molecule has 0 bridgehead atoms. The summed E-state index contributed by atoms with van der Waals surface area (Å²) in [5.41, 5.74) is 0.273. The summed E-state index contributed by atoms with van der Waals surface area (Å²) >= 11 is 0. The second kappa shape index (κ2) is 6.18. The third-order valence-electron chi connectivity index (χ3n) is 5.37. The van der Waals surface area contributed by atoms with Crippen molar-refractivity contribution < 1.29 is 19.2 Å². The van der Waals surface area contributed by atoms with Crippen LogP contribution in [0, 0.1) is 5.41 Å². The van der Waals surface area contributed by atoms with Crippen molar-refractivity contribution >= 4 is 16.9 Å². The molecule has 1 aromatic heterocycles.